The van der Waals surface area contributed by atoms with Crippen LogP contribution in [0.3, 0.4) is 0 Å². The molecule has 0 bridgehead atoms. The molecule has 0 unspecified atom stereocenters. The molecule has 4 aromatic carbocycles. The number of aryl methyl sites for hydroxylation is 2. The maximum atomic E-state index is 10.4. The Morgan fingerprint density at radius 1 is 0.771 bits per heavy atom. The number of nitrogens with zero attached hydrogens (tertiary/aromatic N) is 2. The molecule has 0 aliphatic carbocycles. The van der Waals surface area contributed by atoms with E-state index in [0.717, 1.165) is 33.0 Å². The van der Waals surface area contributed by atoms with E-state index in [1.807, 2.05) is 55.2 Å². The molecule has 174 valence electrons. The van der Waals surface area contributed by atoms with Gasteiger partial charge in [0.05, 0.1) is 4.90 Å². The molecule has 0 radical (unpaired) electrons. The van der Waals surface area contributed by atoms with Crippen LogP contribution in [0.15, 0.2) is 107 Å². The van der Waals surface area contributed by atoms with Crippen LogP contribution in [-0.2, 0) is 17.2 Å². The van der Waals surface area contributed by atoms with Gasteiger partial charge >= 0.3 is 0 Å². The highest BCUT2D eigenvalue weighted by molar-refractivity contribution is 7.85. The van der Waals surface area contributed by atoms with Gasteiger partial charge in [-0.2, -0.15) is 0 Å². The zero-order chi connectivity index (χ0) is 24.6. The smallest absolute Gasteiger partial charge is 0.227 e. The fraction of sp³-hybridized carbons (Fsp3) is 0.0714. The average molecular weight is 483 g/mol. The van der Waals surface area contributed by atoms with Gasteiger partial charge in [0.1, 0.15) is 22.7 Å². The first kappa shape index (κ1) is 22.7. The molecule has 0 aliphatic rings. The van der Waals surface area contributed by atoms with Crippen molar-refractivity contribution in [2.75, 3.05) is 0 Å². The van der Waals surface area contributed by atoms with Crippen molar-refractivity contribution in [3.05, 3.63) is 103 Å². The van der Waals surface area contributed by atoms with Crippen LogP contribution < -0.4 is 4.57 Å². The van der Waals surface area contributed by atoms with E-state index in [9.17, 15) is 13.0 Å². The van der Waals surface area contributed by atoms with Crippen molar-refractivity contribution in [2.45, 2.75) is 11.8 Å². The summed E-state index contributed by atoms with van der Waals surface area (Å²) in [7, 11) is -2.27. The Balaban J connectivity index is 0.000000195. The lowest BCUT2D eigenvalue weighted by Gasteiger charge is -2.05. The maximum Gasteiger partial charge on any atom is 0.227 e. The minimum absolute atomic E-state index is 0.178. The molecule has 35 heavy (non-hydrogen) atoms. The lowest BCUT2D eigenvalue weighted by Crippen LogP contribution is -2.25. The van der Waals surface area contributed by atoms with Gasteiger partial charge in [-0.3, -0.25) is 0 Å². The van der Waals surface area contributed by atoms with Gasteiger partial charge in [-0.05, 0) is 29.8 Å². The third-order valence-electron chi connectivity index (χ3n) is 5.81. The quantitative estimate of drug-likeness (QED) is 0.184. The molecule has 0 atom stereocenters. The normalized spacial score (nSPS) is 11.5. The van der Waals surface area contributed by atoms with Crippen LogP contribution in [-0.4, -0.2) is 18.0 Å². The second-order valence-corrected chi connectivity index (χ2v) is 9.69. The molecule has 0 fully saturated rings. The van der Waals surface area contributed by atoms with E-state index >= 15 is 0 Å². The summed E-state index contributed by atoms with van der Waals surface area (Å²) in [4.78, 5) is 4.64. The van der Waals surface area contributed by atoms with E-state index in [1.54, 1.807) is 12.1 Å². The fourth-order valence-corrected chi connectivity index (χ4v) is 4.47. The largest absolute Gasteiger partial charge is 0.744 e. The van der Waals surface area contributed by atoms with E-state index in [0.29, 0.717) is 5.89 Å². The van der Waals surface area contributed by atoms with E-state index in [2.05, 4.69) is 36.4 Å². The lowest BCUT2D eigenvalue weighted by molar-refractivity contribution is -0.671. The van der Waals surface area contributed by atoms with Gasteiger partial charge in [-0.15, -0.1) is 0 Å². The van der Waals surface area contributed by atoms with Gasteiger partial charge in [0.2, 0.25) is 5.89 Å². The van der Waals surface area contributed by atoms with Crippen molar-refractivity contribution < 1.29 is 22.0 Å². The number of hydrogen-bond donors (Lipinski definition) is 0. The highest BCUT2D eigenvalue weighted by atomic mass is 32.2. The lowest BCUT2D eigenvalue weighted by atomic mass is 10.0. The van der Waals surface area contributed by atoms with Crippen molar-refractivity contribution in [3.8, 4) is 11.5 Å². The SMILES string of the molecule is C[n+]1ccc(-c2nc3c4ccccc4c4ccccc4c3o2)cc1.Cc1ccc(S(=O)(=O)[O-])cc1. The minimum Gasteiger partial charge on any atom is -0.744 e. The Morgan fingerprint density at radius 3 is 1.91 bits per heavy atom. The molecule has 2 heterocycles. The summed E-state index contributed by atoms with van der Waals surface area (Å²) in [5.74, 6) is 0.659. The third kappa shape index (κ3) is 4.51. The van der Waals surface area contributed by atoms with Crippen molar-refractivity contribution >= 4 is 42.8 Å². The van der Waals surface area contributed by atoms with Gasteiger partial charge in [0, 0.05) is 28.5 Å². The maximum absolute atomic E-state index is 10.4. The van der Waals surface area contributed by atoms with Gasteiger partial charge in [0.25, 0.3) is 0 Å². The Bertz CT molecular complexity index is 1700. The minimum atomic E-state index is -4.27. The number of benzene rings is 4. The molecule has 7 heteroatoms. The van der Waals surface area contributed by atoms with Crippen molar-refractivity contribution in [2.24, 2.45) is 7.05 Å². The first-order valence-electron chi connectivity index (χ1n) is 11.0. The number of fused-ring (bicyclic) bond motifs is 6. The topological polar surface area (TPSA) is 87.1 Å². The molecule has 0 aliphatic heterocycles. The van der Waals surface area contributed by atoms with Crippen molar-refractivity contribution in [3.63, 3.8) is 0 Å². The third-order valence-corrected chi connectivity index (χ3v) is 6.66. The summed E-state index contributed by atoms with van der Waals surface area (Å²) in [5, 5.41) is 4.64. The summed E-state index contributed by atoms with van der Waals surface area (Å²) in [5.41, 5.74) is 3.69. The van der Waals surface area contributed by atoms with Crippen molar-refractivity contribution in [1.82, 2.24) is 4.98 Å². The highest BCUT2D eigenvalue weighted by Gasteiger charge is 2.16. The molecular weight excluding hydrogens is 460 g/mol. The van der Waals surface area contributed by atoms with Crippen LogP contribution in [0.2, 0.25) is 0 Å². The van der Waals surface area contributed by atoms with E-state index in [4.69, 9.17) is 9.40 Å². The summed E-state index contributed by atoms with van der Waals surface area (Å²) < 4.78 is 39.4. The van der Waals surface area contributed by atoms with Crippen LogP contribution in [0, 0.1) is 6.92 Å². The summed E-state index contributed by atoms with van der Waals surface area (Å²) >= 11 is 0. The van der Waals surface area contributed by atoms with Crippen LogP contribution in [0.1, 0.15) is 5.56 Å². The standard InChI is InChI=1S/C21H15N2O.C7H8O3S/c1-23-12-10-14(11-13-23)21-22-19-17-8-4-2-6-15(17)16-7-3-5-9-18(16)20(19)24-21;1-6-2-4-7(5-3-6)11(8,9)10/h2-13H,1H3;2-5H,1H3,(H,8,9,10)/q+1;/p-1. The Hall–Kier alpha value is -4.07. The number of pyridine rings is 1. The predicted octanol–water partition coefficient (Wildman–Crippen LogP) is 5.52. The van der Waals surface area contributed by atoms with Crippen molar-refractivity contribution in [1.29, 1.82) is 0 Å². The first-order chi connectivity index (χ1) is 16.8. The summed E-state index contributed by atoms with van der Waals surface area (Å²) in [6, 6.07) is 26.6. The molecule has 0 amide bonds. The summed E-state index contributed by atoms with van der Waals surface area (Å²) in [6.45, 7) is 1.82. The number of rotatable bonds is 2. The number of hydrogen-bond acceptors (Lipinski definition) is 5. The molecule has 6 aromatic rings. The molecule has 6 nitrogen and oxygen atoms in total. The Labute approximate surface area is 202 Å². The number of oxazole rings is 1. The zero-order valence-corrected chi connectivity index (χ0v) is 20.0. The second-order valence-electron chi connectivity index (χ2n) is 8.31. The molecular formula is C28H22N2O4S. The highest BCUT2D eigenvalue weighted by Crippen LogP contribution is 2.36. The zero-order valence-electron chi connectivity index (χ0n) is 19.2. The fourth-order valence-electron chi connectivity index (χ4n) is 4.00. The molecule has 0 saturated heterocycles. The van der Waals surface area contributed by atoms with Gasteiger partial charge in [0.15, 0.2) is 18.0 Å². The van der Waals surface area contributed by atoms with Crippen LogP contribution in [0.5, 0.6) is 0 Å². The monoisotopic (exact) mass is 482 g/mol. The van der Waals surface area contributed by atoms with E-state index < -0.39 is 10.1 Å². The van der Waals surface area contributed by atoms with Gasteiger partial charge in [-0.1, -0.05) is 66.2 Å². The van der Waals surface area contributed by atoms with Gasteiger partial charge < -0.3 is 8.97 Å². The van der Waals surface area contributed by atoms with E-state index in [-0.39, 0.29) is 4.90 Å². The first-order valence-corrected chi connectivity index (χ1v) is 12.4. The predicted molar refractivity (Wildman–Crippen MR) is 135 cm³/mol. The second kappa shape index (κ2) is 8.94. The summed E-state index contributed by atoms with van der Waals surface area (Å²) in [6.07, 6.45) is 4.00. The molecule has 0 saturated carbocycles. The van der Waals surface area contributed by atoms with Gasteiger partial charge in [-0.25, -0.2) is 18.0 Å². The van der Waals surface area contributed by atoms with Crippen LogP contribution in [0.4, 0.5) is 0 Å². The number of aromatic nitrogens is 2. The Kier molecular flexibility index (Phi) is 5.80. The average Bonchev–Trinajstić information content (AvgIpc) is 3.31. The molecule has 0 N–H and O–H groups in total. The molecule has 0 spiro atoms. The molecule has 6 rings (SSSR count). The Morgan fingerprint density at radius 2 is 1.31 bits per heavy atom. The van der Waals surface area contributed by atoms with E-state index in [1.165, 1.54) is 22.9 Å². The molecule has 2 aromatic heterocycles. The van der Waals surface area contributed by atoms with Crippen LogP contribution in [0.25, 0.3) is 44.1 Å². The van der Waals surface area contributed by atoms with Crippen LogP contribution >= 0.6 is 0 Å².